The van der Waals surface area contributed by atoms with Gasteiger partial charge in [0.25, 0.3) is 11.5 Å². The van der Waals surface area contributed by atoms with Crippen LogP contribution in [0.5, 0.6) is 11.5 Å². The summed E-state index contributed by atoms with van der Waals surface area (Å²) in [5, 5.41) is 1.42. The number of nitrogen functional groups attached to an aromatic ring is 2. The van der Waals surface area contributed by atoms with Crippen molar-refractivity contribution in [3.63, 3.8) is 0 Å². The molecular formula is C37H40F2N4O5. The Kier molecular flexibility index (Phi) is 11.2. The summed E-state index contributed by atoms with van der Waals surface area (Å²) in [7, 11) is 2.96. The van der Waals surface area contributed by atoms with Gasteiger partial charge in [0, 0.05) is 55.2 Å². The van der Waals surface area contributed by atoms with Crippen LogP contribution in [0.15, 0.2) is 89.9 Å². The van der Waals surface area contributed by atoms with E-state index in [9.17, 15) is 23.2 Å². The van der Waals surface area contributed by atoms with Crippen LogP contribution in [0.2, 0.25) is 0 Å². The quantitative estimate of drug-likeness (QED) is 0.154. The molecule has 0 bridgehead atoms. The molecule has 0 fully saturated rings. The highest BCUT2D eigenvalue weighted by molar-refractivity contribution is 6.10. The number of carbonyl (C=O) groups excluding carboxylic acids is 2. The topological polar surface area (TPSA) is 130 Å². The number of ether oxygens (including phenoxy) is 2. The van der Waals surface area contributed by atoms with Crippen LogP contribution in [0.25, 0.3) is 10.8 Å². The van der Waals surface area contributed by atoms with Gasteiger partial charge in [0.2, 0.25) is 5.91 Å². The standard InChI is InChI=1S/C18H17FN2O3.C18H17FN2O2.CH4.H2/c1-24-14-4-2-11(16(19)10-14)6-7-21-17(22)9-12-8-13(20)3-5-15(12)18(21)23;1-23-15-4-2-12(17(19)11-15)6-8-21-9-7-13-10-14(20)3-5-16(13)18(21)22;;/h2-5,8,10H,6-7,9,20H2,1H3;2-5,7,9-11H,6,8,20H2,1H3;1H4;1H/i;;;1+1. The molecule has 1 aliphatic heterocycles. The summed E-state index contributed by atoms with van der Waals surface area (Å²) in [4.78, 5) is 38.4. The second kappa shape index (κ2) is 15.3. The Bertz CT molecular complexity index is 2040. The van der Waals surface area contributed by atoms with Crippen LogP contribution in [0, 0.1) is 11.6 Å². The van der Waals surface area contributed by atoms with Crippen molar-refractivity contribution in [3.8, 4) is 11.5 Å². The summed E-state index contributed by atoms with van der Waals surface area (Å²) in [6, 6.07) is 21.2. The van der Waals surface area contributed by atoms with Crippen molar-refractivity contribution in [2.24, 2.45) is 0 Å². The number of hydrogen-bond acceptors (Lipinski definition) is 7. The van der Waals surface area contributed by atoms with Crippen LogP contribution >= 0.6 is 0 Å². The fourth-order valence-electron chi connectivity index (χ4n) is 5.38. The summed E-state index contributed by atoms with van der Waals surface area (Å²) >= 11 is 0. The van der Waals surface area contributed by atoms with Gasteiger partial charge in [-0.1, -0.05) is 19.6 Å². The smallest absolute Gasteiger partial charge is 0.260 e. The molecule has 48 heavy (non-hydrogen) atoms. The number of carbonyl (C=O) groups is 2. The van der Waals surface area contributed by atoms with Gasteiger partial charge in [-0.3, -0.25) is 19.3 Å². The number of benzene rings is 4. The van der Waals surface area contributed by atoms with Gasteiger partial charge in [0.15, 0.2) is 0 Å². The Morgan fingerprint density at radius 3 is 1.94 bits per heavy atom. The van der Waals surface area contributed by atoms with E-state index in [1.165, 1.54) is 31.3 Å². The van der Waals surface area contributed by atoms with Crippen LogP contribution in [0.3, 0.4) is 0 Å². The Morgan fingerprint density at radius 2 is 1.33 bits per heavy atom. The lowest BCUT2D eigenvalue weighted by Gasteiger charge is -2.27. The molecule has 6 rings (SSSR count). The first-order valence-electron chi connectivity index (χ1n) is 14.8. The van der Waals surface area contributed by atoms with E-state index >= 15 is 0 Å². The number of nitrogens with zero attached hydrogens (tertiary/aromatic N) is 2. The van der Waals surface area contributed by atoms with Crippen LogP contribution in [-0.4, -0.2) is 42.0 Å². The van der Waals surface area contributed by atoms with E-state index in [2.05, 4.69) is 0 Å². The lowest BCUT2D eigenvalue weighted by Crippen LogP contribution is -2.43. The third kappa shape index (κ3) is 7.80. The lowest BCUT2D eigenvalue weighted by molar-refractivity contribution is -0.128. The number of halogens is 2. The minimum Gasteiger partial charge on any atom is -0.497 e. The Balaban J connectivity index is 0.000000255. The van der Waals surface area contributed by atoms with Gasteiger partial charge in [-0.25, -0.2) is 8.78 Å². The van der Waals surface area contributed by atoms with Crippen LogP contribution in [0.4, 0.5) is 20.2 Å². The van der Waals surface area contributed by atoms with E-state index in [-0.39, 0.29) is 51.4 Å². The molecule has 4 aromatic carbocycles. The van der Waals surface area contributed by atoms with Crippen molar-refractivity contribution in [3.05, 3.63) is 129 Å². The normalized spacial score (nSPS) is 12.1. The number of rotatable bonds is 8. The second-order valence-electron chi connectivity index (χ2n) is 11.0. The number of amides is 2. The monoisotopic (exact) mass is 659 g/mol. The molecule has 0 atom stereocenters. The van der Waals surface area contributed by atoms with E-state index in [0.717, 1.165) is 5.39 Å². The molecule has 2 amide bonds. The first-order chi connectivity index (χ1) is 22.6. The predicted octanol–water partition coefficient (Wildman–Crippen LogP) is 6.04. The van der Waals surface area contributed by atoms with E-state index in [1.807, 2.05) is 6.07 Å². The minimum atomic E-state index is -0.417. The first kappa shape index (κ1) is 35.1. The summed E-state index contributed by atoms with van der Waals surface area (Å²) in [6.45, 7) is 0.535. The highest BCUT2D eigenvalue weighted by Gasteiger charge is 2.30. The lowest BCUT2D eigenvalue weighted by atomic mass is 9.97. The number of aryl methyl sites for hydroxylation is 2. The zero-order valence-corrected chi connectivity index (χ0v) is 26.0. The highest BCUT2D eigenvalue weighted by atomic mass is 19.1. The molecule has 0 saturated heterocycles. The van der Waals surface area contributed by atoms with Crippen molar-refractivity contribution >= 4 is 34.0 Å². The van der Waals surface area contributed by atoms with Gasteiger partial charge in [-0.15, -0.1) is 0 Å². The molecule has 0 aliphatic carbocycles. The SMILES string of the molecule is C.COc1ccc(CCN2C(=O)Cc3cc(N)ccc3C2=O)c(F)c1.COc1ccc(CCn2ccc3cc(N)ccc3c2=O)c(F)c1.[2HH]. The number of hydrogen-bond donors (Lipinski definition) is 2. The van der Waals surface area contributed by atoms with Crippen molar-refractivity contribution in [2.75, 3.05) is 32.2 Å². The maximum Gasteiger partial charge on any atom is 0.260 e. The van der Waals surface area contributed by atoms with Crippen LogP contribution < -0.4 is 26.5 Å². The average molecular weight is 660 g/mol. The largest absolute Gasteiger partial charge is 0.497 e. The molecule has 9 nitrogen and oxygen atoms in total. The van der Waals surface area contributed by atoms with E-state index < -0.39 is 5.82 Å². The van der Waals surface area contributed by atoms with E-state index in [1.54, 1.807) is 71.4 Å². The predicted molar refractivity (Wildman–Crippen MR) is 185 cm³/mol. The Labute approximate surface area is 278 Å². The zero-order valence-electron chi connectivity index (χ0n) is 26.0. The van der Waals surface area contributed by atoms with Crippen molar-refractivity contribution in [1.82, 2.24) is 9.47 Å². The van der Waals surface area contributed by atoms with Crippen molar-refractivity contribution in [2.45, 2.75) is 33.2 Å². The van der Waals surface area contributed by atoms with E-state index in [0.29, 0.717) is 63.5 Å². The molecule has 1 aromatic heterocycles. The van der Waals surface area contributed by atoms with Gasteiger partial charge in [0.1, 0.15) is 23.1 Å². The van der Waals surface area contributed by atoms with E-state index in [4.69, 9.17) is 20.9 Å². The average Bonchev–Trinajstić information content (AvgIpc) is 3.05. The molecule has 4 N–H and O–H groups in total. The van der Waals surface area contributed by atoms with Crippen LogP contribution in [0.1, 0.15) is 35.9 Å². The minimum absolute atomic E-state index is 0. The fraction of sp³-hybridized carbons (Fsp3) is 0.216. The summed E-state index contributed by atoms with van der Waals surface area (Å²) in [5.41, 5.74) is 14.5. The van der Waals surface area contributed by atoms with Gasteiger partial charge in [-0.2, -0.15) is 0 Å². The first-order valence-corrected chi connectivity index (χ1v) is 14.8. The van der Waals surface area contributed by atoms with Crippen LogP contribution in [-0.2, 0) is 30.6 Å². The molecule has 252 valence electrons. The number of imide groups is 1. The number of anilines is 2. The van der Waals surface area contributed by atoms with Crippen molar-refractivity contribution in [1.29, 1.82) is 0 Å². The molecular weight excluding hydrogens is 618 g/mol. The Hall–Kier alpha value is -5.71. The molecule has 0 radical (unpaired) electrons. The maximum absolute atomic E-state index is 14.0. The molecule has 5 aromatic rings. The van der Waals surface area contributed by atoms with Gasteiger partial charge in [-0.05, 0) is 89.5 Å². The molecule has 2 heterocycles. The third-order valence-corrected chi connectivity index (χ3v) is 8.00. The molecule has 11 heteroatoms. The third-order valence-electron chi connectivity index (χ3n) is 8.00. The molecule has 0 saturated carbocycles. The van der Waals surface area contributed by atoms with Gasteiger partial charge in [0.05, 0.1) is 20.6 Å². The number of aromatic nitrogens is 1. The molecule has 0 unspecified atom stereocenters. The van der Waals surface area contributed by atoms with Gasteiger partial charge >= 0.3 is 0 Å². The number of methoxy groups -OCH3 is 2. The van der Waals surface area contributed by atoms with Gasteiger partial charge < -0.3 is 25.5 Å². The van der Waals surface area contributed by atoms with Crippen molar-refractivity contribution < 1.29 is 29.3 Å². The summed E-state index contributed by atoms with van der Waals surface area (Å²) in [5.74, 6) is -0.507. The summed E-state index contributed by atoms with van der Waals surface area (Å²) < 4.78 is 39.5. The number of fused-ring (bicyclic) bond motifs is 2. The zero-order chi connectivity index (χ0) is 33.7. The number of pyridine rings is 1. The maximum atomic E-state index is 14.0. The Morgan fingerprint density at radius 1 is 0.750 bits per heavy atom. The second-order valence-corrected chi connectivity index (χ2v) is 11.0. The molecule has 1 aliphatic rings. The fourth-order valence-corrected chi connectivity index (χ4v) is 5.38. The highest BCUT2D eigenvalue weighted by Crippen LogP contribution is 2.24. The molecule has 0 spiro atoms. The summed E-state index contributed by atoms with van der Waals surface area (Å²) in [6.07, 6.45) is 2.51. The number of nitrogens with two attached hydrogens (primary N) is 2.